The van der Waals surface area contributed by atoms with Crippen molar-refractivity contribution < 1.29 is 14.3 Å². The van der Waals surface area contributed by atoms with Crippen LogP contribution in [0, 0.1) is 13.8 Å². The number of carbonyl (C=O) groups is 1. The molecule has 1 aliphatic rings. The van der Waals surface area contributed by atoms with Crippen LogP contribution in [0.5, 0.6) is 5.75 Å². The molecule has 0 fully saturated rings. The van der Waals surface area contributed by atoms with Gasteiger partial charge in [-0.2, -0.15) is 10.2 Å². The Morgan fingerprint density at radius 3 is 2.67 bits per heavy atom. The van der Waals surface area contributed by atoms with Gasteiger partial charge in [0, 0.05) is 77.6 Å². The topological polar surface area (TPSA) is 88.1 Å². The number of aryl methyl sites for hydroxylation is 5. The number of rotatable bonds is 2. The summed E-state index contributed by atoms with van der Waals surface area (Å²) in [5.41, 5.74) is 10.2. The summed E-state index contributed by atoms with van der Waals surface area (Å²) in [4.78, 5) is 14.6. The maximum absolute atomic E-state index is 13.4. The van der Waals surface area contributed by atoms with Gasteiger partial charge in [0.1, 0.15) is 11.4 Å². The summed E-state index contributed by atoms with van der Waals surface area (Å²) in [6.45, 7) is 8.65. The highest BCUT2D eigenvalue weighted by molar-refractivity contribution is 7.98. The molecule has 6 aromatic rings. The molecule has 0 amide bonds. The van der Waals surface area contributed by atoms with Crippen molar-refractivity contribution in [1.29, 1.82) is 0 Å². The lowest BCUT2D eigenvalue weighted by atomic mass is 9.91. The smallest absolute Gasteiger partial charge is 0.354 e. The van der Waals surface area contributed by atoms with Crippen molar-refractivity contribution in [3.63, 3.8) is 0 Å². The third-order valence-corrected chi connectivity index (χ3v) is 10.6. The van der Waals surface area contributed by atoms with E-state index in [2.05, 4.69) is 78.3 Å². The molecule has 48 heavy (non-hydrogen) atoms. The van der Waals surface area contributed by atoms with Crippen LogP contribution in [0.2, 0.25) is 0 Å². The number of hydrogen-bond acceptors (Lipinski definition) is 7. The highest BCUT2D eigenvalue weighted by Crippen LogP contribution is 2.41. The average molecular weight is 663 g/mol. The van der Waals surface area contributed by atoms with Crippen LogP contribution in [0.15, 0.2) is 59.5 Å². The number of nitrogens with zero attached hydrogens (tertiary/aromatic N) is 5. The minimum atomic E-state index is -0.335. The molecule has 3 aromatic carbocycles. The van der Waals surface area contributed by atoms with Crippen LogP contribution in [-0.4, -0.2) is 43.8 Å². The van der Waals surface area contributed by atoms with E-state index in [1.807, 2.05) is 30.4 Å². The molecule has 0 saturated heterocycles. The maximum atomic E-state index is 13.4. The molecule has 1 aliphatic heterocycles. The maximum Gasteiger partial charge on any atom is 0.354 e. The summed E-state index contributed by atoms with van der Waals surface area (Å²) >= 11 is 1.78. The van der Waals surface area contributed by atoms with Crippen LogP contribution in [-0.2, 0) is 50.6 Å². The number of carbonyl (C=O) groups excluding carboxylic acids is 1. The molecule has 10 heteroatoms. The zero-order chi connectivity index (χ0) is 33.5. The Bertz CT molecular complexity index is 2170. The predicted molar refractivity (Wildman–Crippen MR) is 192 cm³/mol. The fraction of sp³-hybridized carbons (Fsp3) is 0.342. The average Bonchev–Trinajstić information content (AvgIpc) is 3.69. The van der Waals surface area contributed by atoms with Crippen molar-refractivity contribution in [1.82, 2.24) is 29.4 Å². The minimum Gasteiger partial charge on any atom is -0.493 e. The van der Waals surface area contributed by atoms with E-state index < -0.39 is 0 Å². The van der Waals surface area contributed by atoms with Gasteiger partial charge in [-0.3, -0.25) is 9.36 Å². The van der Waals surface area contributed by atoms with Gasteiger partial charge in [0.15, 0.2) is 0 Å². The van der Waals surface area contributed by atoms with Gasteiger partial charge in [-0.15, -0.1) is 11.8 Å². The van der Waals surface area contributed by atoms with E-state index >= 15 is 0 Å². The number of benzene rings is 3. The summed E-state index contributed by atoms with van der Waals surface area (Å²) in [6.07, 6.45) is 1.56. The third kappa shape index (κ3) is 5.66. The molecule has 0 spiro atoms. The lowest BCUT2D eigenvalue weighted by Crippen LogP contribution is -2.14. The Kier molecular flexibility index (Phi) is 8.78. The number of fused-ring (bicyclic) bond motifs is 8. The molecule has 0 unspecified atom stereocenters. The van der Waals surface area contributed by atoms with Gasteiger partial charge in [-0.25, -0.2) is 4.79 Å². The molecular weight excluding hydrogens is 621 g/mol. The van der Waals surface area contributed by atoms with Crippen molar-refractivity contribution in [2.45, 2.75) is 63.9 Å². The van der Waals surface area contributed by atoms with Crippen molar-refractivity contribution >= 4 is 39.4 Å². The summed E-state index contributed by atoms with van der Waals surface area (Å²) in [5, 5.41) is 16.7. The zero-order valence-electron chi connectivity index (χ0n) is 28.5. The second-order valence-corrected chi connectivity index (χ2v) is 13.5. The van der Waals surface area contributed by atoms with Crippen LogP contribution in [0.1, 0.15) is 57.7 Å². The molecule has 3 aromatic heterocycles. The minimum absolute atomic E-state index is 0.335. The Morgan fingerprint density at radius 1 is 1.02 bits per heavy atom. The molecular formula is C38H42N6O3S. The summed E-state index contributed by atoms with van der Waals surface area (Å²) in [7, 11) is 5.46. The Hall–Kier alpha value is -4.54. The van der Waals surface area contributed by atoms with Gasteiger partial charge >= 0.3 is 5.97 Å². The van der Waals surface area contributed by atoms with E-state index in [4.69, 9.17) is 19.7 Å². The molecule has 7 rings (SSSR count). The fourth-order valence-corrected chi connectivity index (χ4v) is 8.08. The largest absolute Gasteiger partial charge is 0.493 e. The van der Waals surface area contributed by atoms with E-state index in [-0.39, 0.29) is 5.97 Å². The van der Waals surface area contributed by atoms with Crippen molar-refractivity contribution in [2.75, 3.05) is 13.7 Å². The number of nitrogens with one attached hydrogen (secondary N) is 1. The molecule has 9 nitrogen and oxygen atoms in total. The summed E-state index contributed by atoms with van der Waals surface area (Å²) in [6, 6.07) is 19.3. The van der Waals surface area contributed by atoms with Crippen molar-refractivity contribution in [3.05, 3.63) is 94.2 Å². The van der Waals surface area contributed by atoms with Crippen molar-refractivity contribution in [3.8, 4) is 16.9 Å². The Morgan fingerprint density at radius 2 is 1.85 bits per heavy atom. The zero-order valence-corrected chi connectivity index (χ0v) is 29.3. The normalized spacial score (nSPS) is 14.1. The molecule has 248 valence electrons. The number of aromatic nitrogens is 5. The molecule has 0 aliphatic carbocycles. The van der Waals surface area contributed by atoms with Gasteiger partial charge in [-0.1, -0.05) is 37.3 Å². The number of esters is 1. The quantitative estimate of drug-likeness (QED) is 0.195. The summed E-state index contributed by atoms with van der Waals surface area (Å²) < 4.78 is 17.9. The van der Waals surface area contributed by atoms with Gasteiger partial charge < -0.3 is 19.4 Å². The van der Waals surface area contributed by atoms with Crippen LogP contribution in [0.4, 0.5) is 0 Å². The molecule has 0 atom stereocenters. The number of hydrogen-bond donors (Lipinski definition) is 1. The molecule has 8 bridgehead atoms. The van der Waals surface area contributed by atoms with Crippen molar-refractivity contribution in [2.24, 2.45) is 14.1 Å². The highest BCUT2D eigenvalue weighted by Gasteiger charge is 2.27. The van der Waals surface area contributed by atoms with Crippen LogP contribution >= 0.6 is 11.8 Å². The van der Waals surface area contributed by atoms with Crippen LogP contribution < -0.4 is 10.1 Å². The van der Waals surface area contributed by atoms with Crippen LogP contribution in [0.3, 0.4) is 0 Å². The molecule has 0 radical (unpaired) electrons. The Balaban J connectivity index is 1.38. The first-order valence-corrected chi connectivity index (χ1v) is 17.5. The highest BCUT2D eigenvalue weighted by atomic mass is 32.2. The second kappa shape index (κ2) is 13.2. The standard InChI is InChI=1S/C38H42N6O3S/c1-7-25-13-14-32-34-23(2)37(38(45)46-6)44(32)15-10-16-47-33-19-29(17-26-11-8-9-12-30(26)33)48-22-28-18-27(40-43(28)5)20-39-21-31-35(36(25)34)24(3)42(4)41-31/h8-9,11-14,17-19,39H,7,10,15-16,20-22H2,1-6H3. The van der Waals surface area contributed by atoms with E-state index in [1.165, 1.54) is 12.7 Å². The Labute approximate surface area is 285 Å². The predicted octanol–water partition coefficient (Wildman–Crippen LogP) is 7.26. The van der Waals surface area contributed by atoms with Gasteiger partial charge in [0.05, 0.1) is 25.1 Å². The van der Waals surface area contributed by atoms with E-state index in [0.717, 1.165) is 84.0 Å². The number of thioether (sulfide) groups is 1. The summed E-state index contributed by atoms with van der Waals surface area (Å²) in [5.74, 6) is 1.32. The number of methoxy groups -OCH3 is 1. The monoisotopic (exact) mass is 662 g/mol. The van der Waals surface area contributed by atoms with E-state index in [1.54, 1.807) is 11.8 Å². The second-order valence-electron chi connectivity index (χ2n) is 12.5. The van der Waals surface area contributed by atoms with E-state index in [9.17, 15) is 4.79 Å². The first-order valence-electron chi connectivity index (χ1n) is 16.6. The lowest BCUT2D eigenvalue weighted by Gasteiger charge is -2.15. The van der Waals surface area contributed by atoms with E-state index in [0.29, 0.717) is 38.4 Å². The fourth-order valence-electron chi connectivity index (χ4n) is 7.09. The molecule has 0 saturated carbocycles. The van der Waals surface area contributed by atoms with Gasteiger partial charge in [0.25, 0.3) is 0 Å². The first kappa shape index (κ1) is 32.0. The number of ether oxygens (including phenoxy) is 2. The van der Waals surface area contributed by atoms with Gasteiger partial charge in [-0.05, 0) is 73.0 Å². The lowest BCUT2D eigenvalue weighted by molar-refractivity contribution is 0.0587. The first-order chi connectivity index (χ1) is 23.3. The molecule has 4 heterocycles. The third-order valence-electron chi connectivity index (χ3n) is 9.57. The SMILES string of the molecule is CCc1ccc2c3c(C)c(C(=O)OC)n2CCCOc2cc(cc4ccccc24)SCc2cc(nn2C)CNCc2nn(C)c(C)c2-c13. The van der Waals surface area contributed by atoms with Crippen LogP contribution in [0.25, 0.3) is 32.8 Å². The van der Waals surface area contributed by atoms with Gasteiger partial charge in [0.2, 0.25) is 0 Å². The molecule has 1 N–H and O–H groups in total.